The minimum Gasteiger partial charge on any atom is -0.395 e. The number of fused-ring (bicyclic) bond motifs is 2. The number of aromatic nitrogens is 2. The van der Waals surface area contributed by atoms with Gasteiger partial charge in [-0.1, -0.05) is 24.3 Å². The van der Waals surface area contributed by atoms with Crippen LogP contribution in [-0.4, -0.2) is 47.1 Å². The van der Waals surface area contributed by atoms with Crippen molar-refractivity contribution in [3.8, 4) is 0 Å². The van der Waals surface area contributed by atoms with Gasteiger partial charge in [-0.2, -0.15) is 0 Å². The van der Waals surface area contributed by atoms with Crippen molar-refractivity contribution in [3.63, 3.8) is 0 Å². The van der Waals surface area contributed by atoms with Crippen LogP contribution >= 0.6 is 0 Å². The van der Waals surface area contributed by atoms with E-state index in [2.05, 4.69) is 27.3 Å². The minimum atomic E-state index is -0.481. The molecule has 0 saturated heterocycles. The Morgan fingerprint density at radius 1 is 1.30 bits per heavy atom. The number of anilines is 2. The third-order valence-electron chi connectivity index (χ3n) is 4.97. The Bertz CT molecular complexity index is 1000. The first-order chi connectivity index (χ1) is 13.1. The Labute approximate surface area is 154 Å². The highest BCUT2D eigenvalue weighted by Gasteiger charge is 2.30. The SMILES string of the molecule is CN(CCO)c1cc(N2CCc3ccccc3C2)c2nonc2c1[N+](=O)[O-]. The van der Waals surface area contributed by atoms with Crippen molar-refractivity contribution < 1.29 is 14.7 Å². The van der Waals surface area contributed by atoms with E-state index in [1.54, 1.807) is 18.0 Å². The van der Waals surface area contributed by atoms with Gasteiger partial charge in [0.25, 0.3) is 0 Å². The van der Waals surface area contributed by atoms with E-state index in [9.17, 15) is 15.2 Å². The zero-order chi connectivity index (χ0) is 19.0. The number of hydrogen-bond acceptors (Lipinski definition) is 8. The summed E-state index contributed by atoms with van der Waals surface area (Å²) in [5.74, 6) is 0. The first-order valence-electron chi connectivity index (χ1n) is 8.67. The summed E-state index contributed by atoms with van der Waals surface area (Å²) >= 11 is 0. The summed E-state index contributed by atoms with van der Waals surface area (Å²) in [7, 11) is 1.70. The van der Waals surface area contributed by atoms with Crippen LogP contribution in [0, 0.1) is 10.1 Å². The van der Waals surface area contributed by atoms with E-state index in [4.69, 9.17) is 4.63 Å². The molecule has 0 fully saturated rings. The van der Waals surface area contributed by atoms with Crippen LogP contribution in [-0.2, 0) is 13.0 Å². The quantitative estimate of drug-likeness (QED) is 0.538. The summed E-state index contributed by atoms with van der Waals surface area (Å²) in [6.07, 6.45) is 0.877. The van der Waals surface area contributed by atoms with Crippen LogP contribution in [0.1, 0.15) is 11.1 Å². The maximum atomic E-state index is 11.7. The molecule has 2 heterocycles. The molecular formula is C18H19N5O4. The number of benzene rings is 2. The van der Waals surface area contributed by atoms with Crippen molar-refractivity contribution >= 4 is 28.1 Å². The molecule has 4 rings (SSSR count). The molecule has 0 unspecified atom stereocenters. The molecule has 0 spiro atoms. The third-order valence-corrected chi connectivity index (χ3v) is 4.97. The molecule has 0 saturated carbocycles. The lowest BCUT2D eigenvalue weighted by molar-refractivity contribution is -0.382. The summed E-state index contributed by atoms with van der Waals surface area (Å²) in [4.78, 5) is 15.0. The average molecular weight is 369 g/mol. The number of likely N-dealkylation sites (N-methyl/N-ethyl adjacent to an activating group) is 1. The maximum Gasteiger partial charge on any atom is 0.323 e. The fourth-order valence-electron chi connectivity index (χ4n) is 3.58. The van der Waals surface area contributed by atoms with E-state index in [0.717, 1.165) is 18.7 Å². The number of rotatable bonds is 5. The molecule has 2 aromatic carbocycles. The smallest absolute Gasteiger partial charge is 0.323 e. The van der Waals surface area contributed by atoms with Crippen molar-refractivity contribution in [3.05, 3.63) is 51.6 Å². The van der Waals surface area contributed by atoms with Crippen LogP contribution in [0.5, 0.6) is 0 Å². The molecule has 0 bridgehead atoms. The van der Waals surface area contributed by atoms with Crippen LogP contribution < -0.4 is 9.80 Å². The molecule has 1 aliphatic heterocycles. The molecule has 9 heteroatoms. The zero-order valence-electron chi connectivity index (χ0n) is 14.8. The topological polar surface area (TPSA) is 109 Å². The molecule has 3 aromatic rings. The van der Waals surface area contributed by atoms with Crippen molar-refractivity contribution in [2.75, 3.05) is 36.5 Å². The monoisotopic (exact) mass is 369 g/mol. The van der Waals surface area contributed by atoms with Gasteiger partial charge in [0.05, 0.1) is 17.2 Å². The predicted molar refractivity (Wildman–Crippen MR) is 100 cm³/mol. The highest BCUT2D eigenvalue weighted by molar-refractivity contribution is 6.00. The summed E-state index contributed by atoms with van der Waals surface area (Å²) < 4.78 is 4.85. The number of aliphatic hydroxyl groups excluding tert-OH is 1. The van der Waals surface area contributed by atoms with Gasteiger partial charge < -0.3 is 14.9 Å². The second-order valence-corrected chi connectivity index (χ2v) is 6.57. The fraction of sp³-hybridized carbons (Fsp3) is 0.333. The van der Waals surface area contributed by atoms with E-state index < -0.39 is 4.92 Å². The van der Waals surface area contributed by atoms with E-state index in [1.165, 1.54) is 11.1 Å². The molecule has 0 amide bonds. The summed E-state index contributed by atoms with van der Waals surface area (Å²) in [6.45, 7) is 1.59. The number of nitro groups is 1. The van der Waals surface area contributed by atoms with Crippen LogP contribution in [0.4, 0.5) is 17.1 Å². The largest absolute Gasteiger partial charge is 0.395 e. The first-order valence-corrected chi connectivity index (χ1v) is 8.67. The van der Waals surface area contributed by atoms with Gasteiger partial charge in [-0.3, -0.25) is 10.1 Å². The Morgan fingerprint density at radius 3 is 2.78 bits per heavy atom. The second kappa shape index (κ2) is 6.84. The summed E-state index contributed by atoms with van der Waals surface area (Å²) in [5, 5.41) is 28.7. The highest BCUT2D eigenvalue weighted by Crippen LogP contribution is 2.41. The molecule has 27 heavy (non-hydrogen) atoms. The summed E-state index contributed by atoms with van der Waals surface area (Å²) in [6, 6.07) is 9.99. The van der Waals surface area contributed by atoms with Crippen molar-refractivity contribution in [2.45, 2.75) is 13.0 Å². The molecule has 0 radical (unpaired) electrons. The molecule has 1 N–H and O–H groups in total. The molecular weight excluding hydrogens is 350 g/mol. The van der Waals surface area contributed by atoms with Crippen molar-refractivity contribution in [1.29, 1.82) is 0 Å². The van der Waals surface area contributed by atoms with Crippen LogP contribution in [0.3, 0.4) is 0 Å². The molecule has 0 aliphatic carbocycles. The normalized spacial score (nSPS) is 13.6. The van der Waals surface area contributed by atoms with E-state index in [-0.39, 0.29) is 24.4 Å². The molecule has 140 valence electrons. The maximum absolute atomic E-state index is 11.7. The van der Waals surface area contributed by atoms with Crippen LogP contribution in [0.2, 0.25) is 0 Å². The van der Waals surface area contributed by atoms with Gasteiger partial charge in [0.2, 0.25) is 5.52 Å². The number of hydrogen-bond donors (Lipinski definition) is 1. The van der Waals surface area contributed by atoms with Gasteiger partial charge in [-0.15, -0.1) is 0 Å². The summed E-state index contributed by atoms with van der Waals surface area (Å²) in [5.41, 5.74) is 3.98. The Balaban J connectivity index is 1.85. The van der Waals surface area contributed by atoms with Gasteiger partial charge in [0, 0.05) is 26.7 Å². The predicted octanol–water partition coefficient (Wildman–Crippen LogP) is 2.12. The lowest BCUT2D eigenvalue weighted by Gasteiger charge is -2.31. The van der Waals surface area contributed by atoms with Gasteiger partial charge in [0.15, 0.2) is 5.52 Å². The minimum absolute atomic E-state index is 0.116. The third kappa shape index (κ3) is 2.95. The van der Waals surface area contributed by atoms with Crippen LogP contribution in [0.25, 0.3) is 11.0 Å². The van der Waals surface area contributed by atoms with E-state index in [1.807, 2.05) is 12.1 Å². The van der Waals surface area contributed by atoms with Crippen molar-refractivity contribution in [2.24, 2.45) is 0 Å². The van der Waals surface area contributed by atoms with Crippen molar-refractivity contribution in [1.82, 2.24) is 10.3 Å². The van der Waals surface area contributed by atoms with Gasteiger partial charge in [-0.05, 0) is 33.9 Å². The van der Waals surface area contributed by atoms with Gasteiger partial charge >= 0.3 is 5.69 Å². The van der Waals surface area contributed by atoms with Gasteiger partial charge in [0.1, 0.15) is 5.69 Å². The first kappa shape index (κ1) is 17.2. The molecule has 1 aliphatic rings. The second-order valence-electron chi connectivity index (χ2n) is 6.57. The molecule has 0 atom stereocenters. The van der Waals surface area contributed by atoms with E-state index in [0.29, 0.717) is 17.7 Å². The zero-order valence-corrected chi connectivity index (χ0v) is 14.8. The standard InChI is InChI=1S/C18H19N5O4/c1-21(8-9-24)15-10-14(16-17(20-27-19-16)18(15)23(25)26)22-7-6-12-4-2-3-5-13(12)11-22/h2-5,10,24H,6-9,11H2,1H3. The van der Waals surface area contributed by atoms with E-state index >= 15 is 0 Å². The Kier molecular flexibility index (Phi) is 4.36. The number of aliphatic hydroxyl groups is 1. The molecule has 1 aromatic heterocycles. The lowest BCUT2D eigenvalue weighted by Crippen LogP contribution is -2.31. The Hall–Kier alpha value is -3.20. The average Bonchev–Trinajstić information content (AvgIpc) is 3.15. The number of nitro benzene ring substituents is 1. The van der Waals surface area contributed by atoms with Crippen LogP contribution in [0.15, 0.2) is 35.0 Å². The van der Waals surface area contributed by atoms with Gasteiger partial charge in [-0.25, -0.2) is 4.63 Å². The Morgan fingerprint density at radius 2 is 2.04 bits per heavy atom. The number of nitrogens with zero attached hydrogens (tertiary/aromatic N) is 5. The fourth-order valence-corrected chi connectivity index (χ4v) is 3.58. The lowest BCUT2D eigenvalue weighted by atomic mass is 9.99. The highest BCUT2D eigenvalue weighted by atomic mass is 16.6. The molecule has 9 nitrogen and oxygen atoms in total.